The van der Waals surface area contributed by atoms with Gasteiger partial charge in [0, 0.05) is 26.2 Å². The zero-order chi connectivity index (χ0) is 14.5. The number of carboxylic acid groups (broad SMARTS) is 1. The first-order chi connectivity index (χ1) is 9.58. The van der Waals surface area contributed by atoms with Crippen LogP contribution in [-0.4, -0.2) is 33.3 Å². The van der Waals surface area contributed by atoms with Crippen LogP contribution in [0.2, 0.25) is 0 Å². The molecule has 6 heteroatoms. The van der Waals surface area contributed by atoms with Crippen LogP contribution in [0, 0.1) is 0 Å². The Morgan fingerprint density at radius 2 is 1.95 bits per heavy atom. The van der Waals surface area contributed by atoms with E-state index in [9.17, 15) is 9.59 Å². The van der Waals surface area contributed by atoms with Crippen LogP contribution in [0.25, 0.3) is 0 Å². The average molecular weight is 273 g/mol. The van der Waals surface area contributed by atoms with Crippen molar-refractivity contribution in [2.75, 3.05) is 6.54 Å². The molecule has 2 rings (SSSR count). The maximum absolute atomic E-state index is 12.0. The lowest BCUT2D eigenvalue weighted by atomic mass is 10.1. The summed E-state index contributed by atoms with van der Waals surface area (Å²) < 4.78 is 1.69. The molecule has 0 aliphatic carbocycles. The Morgan fingerprint density at radius 3 is 2.55 bits per heavy atom. The van der Waals surface area contributed by atoms with Crippen LogP contribution in [-0.2, 0) is 13.5 Å². The molecule has 0 spiro atoms. The minimum absolute atomic E-state index is 0.00263. The summed E-state index contributed by atoms with van der Waals surface area (Å²) in [6.07, 6.45) is 2.43. The fraction of sp³-hybridized carbons (Fsp3) is 0.214. The Bertz CT molecular complexity index is 634. The summed E-state index contributed by atoms with van der Waals surface area (Å²) in [7, 11) is 1.82. The van der Waals surface area contributed by atoms with E-state index in [0.717, 1.165) is 5.69 Å². The molecular weight excluding hydrogens is 258 g/mol. The molecule has 1 aromatic heterocycles. The quantitative estimate of drug-likeness (QED) is 0.854. The summed E-state index contributed by atoms with van der Waals surface area (Å²) in [5.74, 6) is -1.50. The molecule has 0 saturated heterocycles. The van der Waals surface area contributed by atoms with Crippen molar-refractivity contribution in [3.8, 4) is 0 Å². The van der Waals surface area contributed by atoms with Crippen LogP contribution in [0.3, 0.4) is 0 Å². The first-order valence-electron chi connectivity index (χ1n) is 6.17. The van der Waals surface area contributed by atoms with E-state index in [1.165, 1.54) is 12.1 Å². The second-order valence-electron chi connectivity index (χ2n) is 4.34. The van der Waals surface area contributed by atoms with Crippen molar-refractivity contribution in [2.24, 2.45) is 7.05 Å². The first kappa shape index (κ1) is 13.8. The minimum Gasteiger partial charge on any atom is -0.478 e. The molecule has 104 valence electrons. The monoisotopic (exact) mass is 273 g/mol. The van der Waals surface area contributed by atoms with Gasteiger partial charge in [-0.1, -0.05) is 12.1 Å². The summed E-state index contributed by atoms with van der Waals surface area (Å²) in [5, 5.41) is 15.9. The molecule has 6 nitrogen and oxygen atoms in total. The molecule has 1 aromatic carbocycles. The predicted molar refractivity (Wildman–Crippen MR) is 72.6 cm³/mol. The summed E-state index contributed by atoms with van der Waals surface area (Å²) in [6, 6.07) is 8.02. The zero-order valence-electron chi connectivity index (χ0n) is 11.0. The normalized spacial score (nSPS) is 10.2. The number of rotatable bonds is 5. The second-order valence-corrected chi connectivity index (χ2v) is 4.34. The van der Waals surface area contributed by atoms with Gasteiger partial charge in [-0.3, -0.25) is 9.48 Å². The summed E-state index contributed by atoms with van der Waals surface area (Å²) in [5.41, 5.74) is 1.04. The molecule has 1 amide bonds. The highest BCUT2D eigenvalue weighted by Gasteiger charge is 2.15. The molecule has 0 aliphatic heterocycles. The number of hydrogen-bond donors (Lipinski definition) is 2. The average Bonchev–Trinajstić information content (AvgIpc) is 2.84. The fourth-order valence-corrected chi connectivity index (χ4v) is 1.86. The maximum Gasteiger partial charge on any atom is 0.336 e. The molecule has 20 heavy (non-hydrogen) atoms. The Morgan fingerprint density at radius 1 is 1.25 bits per heavy atom. The van der Waals surface area contributed by atoms with Gasteiger partial charge in [-0.15, -0.1) is 0 Å². The van der Waals surface area contributed by atoms with Gasteiger partial charge < -0.3 is 10.4 Å². The van der Waals surface area contributed by atoms with E-state index in [2.05, 4.69) is 10.4 Å². The predicted octanol–water partition coefficient (Wildman–Crippen LogP) is 1.09. The van der Waals surface area contributed by atoms with Gasteiger partial charge >= 0.3 is 5.97 Å². The van der Waals surface area contributed by atoms with Gasteiger partial charge in [0.15, 0.2) is 0 Å². The van der Waals surface area contributed by atoms with E-state index in [1.54, 1.807) is 16.8 Å². The van der Waals surface area contributed by atoms with Crippen LogP contribution in [0.15, 0.2) is 36.5 Å². The molecule has 0 aliphatic rings. The number of carboxylic acids is 1. The fourth-order valence-electron chi connectivity index (χ4n) is 1.86. The number of carbonyl (C=O) groups excluding carboxylic acids is 1. The Balaban J connectivity index is 1.97. The Kier molecular flexibility index (Phi) is 4.14. The number of benzene rings is 1. The largest absolute Gasteiger partial charge is 0.478 e. The molecule has 0 fully saturated rings. The highest BCUT2D eigenvalue weighted by Crippen LogP contribution is 2.08. The summed E-state index contributed by atoms with van der Waals surface area (Å²) in [4.78, 5) is 23.0. The Hall–Kier alpha value is -2.63. The van der Waals surface area contributed by atoms with Crippen LogP contribution >= 0.6 is 0 Å². The number of hydrogen-bond acceptors (Lipinski definition) is 3. The van der Waals surface area contributed by atoms with Gasteiger partial charge in [0.05, 0.1) is 16.8 Å². The summed E-state index contributed by atoms with van der Waals surface area (Å²) >= 11 is 0. The van der Waals surface area contributed by atoms with Crippen molar-refractivity contribution in [2.45, 2.75) is 6.42 Å². The van der Waals surface area contributed by atoms with Crippen LogP contribution in [0.4, 0.5) is 0 Å². The second kappa shape index (κ2) is 6.01. The number of amides is 1. The van der Waals surface area contributed by atoms with Crippen LogP contribution < -0.4 is 5.32 Å². The van der Waals surface area contributed by atoms with Gasteiger partial charge in [0.25, 0.3) is 5.91 Å². The third kappa shape index (κ3) is 3.23. The van der Waals surface area contributed by atoms with Crippen LogP contribution in [0.1, 0.15) is 26.4 Å². The van der Waals surface area contributed by atoms with Crippen molar-refractivity contribution >= 4 is 11.9 Å². The number of aryl methyl sites for hydroxylation is 1. The number of nitrogens with zero attached hydrogens (tertiary/aromatic N) is 2. The molecule has 0 unspecified atom stereocenters. The SMILES string of the molecule is Cn1ccc(CCNC(=O)c2ccccc2C(=O)O)n1. The molecule has 0 radical (unpaired) electrons. The molecule has 0 atom stereocenters. The summed E-state index contributed by atoms with van der Waals surface area (Å²) in [6.45, 7) is 0.407. The highest BCUT2D eigenvalue weighted by molar-refractivity contribution is 6.04. The van der Waals surface area contributed by atoms with E-state index in [0.29, 0.717) is 13.0 Å². The third-order valence-corrected chi connectivity index (χ3v) is 2.84. The van der Waals surface area contributed by atoms with Gasteiger partial charge in [0.2, 0.25) is 0 Å². The smallest absolute Gasteiger partial charge is 0.336 e. The van der Waals surface area contributed by atoms with Gasteiger partial charge in [-0.05, 0) is 18.2 Å². The standard InChI is InChI=1S/C14H15N3O3/c1-17-9-7-10(16-17)6-8-15-13(18)11-4-2-3-5-12(11)14(19)20/h2-5,7,9H,6,8H2,1H3,(H,15,18)(H,19,20). The van der Waals surface area contributed by atoms with Crippen LogP contribution in [0.5, 0.6) is 0 Å². The van der Waals surface area contributed by atoms with Gasteiger partial charge in [-0.2, -0.15) is 5.10 Å². The lowest BCUT2D eigenvalue weighted by molar-refractivity contribution is 0.0691. The first-order valence-corrected chi connectivity index (χ1v) is 6.17. The highest BCUT2D eigenvalue weighted by atomic mass is 16.4. The van der Waals surface area contributed by atoms with E-state index in [4.69, 9.17) is 5.11 Å². The lowest BCUT2D eigenvalue weighted by Gasteiger charge is -2.06. The van der Waals surface area contributed by atoms with Gasteiger partial charge in [0.1, 0.15) is 0 Å². The van der Waals surface area contributed by atoms with Crippen molar-refractivity contribution < 1.29 is 14.7 Å². The van der Waals surface area contributed by atoms with E-state index in [-0.39, 0.29) is 17.0 Å². The van der Waals surface area contributed by atoms with Gasteiger partial charge in [-0.25, -0.2) is 4.79 Å². The van der Waals surface area contributed by atoms with E-state index >= 15 is 0 Å². The topological polar surface area (TPSA) is 84.2 Å². The molecule has 2 aromatic rings. The third-order valence-electron chi connectivity index (χ3n) is 2.84. The molecule has 0 bridgehead atoms. The van der Waals surface area contributed by atoms with Crippen molar-refractivity contribution in [1.82, 2.24) is 15.1 Å². The van der Waals surface area contributed by atoms with Crippen molar-refractivity contribution in [1.29, 1.82) is 0 Å². The Labute approximate surface area is 116 Å². The molecular formula is C14H15N3O3. The molecule has 2 N–H and O–H groups in total. The number of aromatic carboxylic acids is 1. The maximum atomic E-state index is 12.0. The molecule has 0 saturated carbocycles. The lowest BCUT2D eigenvalue weighted by Crippen LogP contribution is -2.27. The van der Waals surface area contributed by atoms with Crippen molar-refractivity contribution in [3.63, 3.8) is 0 Å². The molecule has 1 heterocycles. The number of nitrogens with one attached hydrogen (secondary N) is 1. The zero-order valence-corrected chi connectivity index (χ0v) is 11.0. The number of aromatic nitrogens is 2. The minimum atomic E-state index is -1.11. The van der Waals surface area contributed by atoms with E-state index in [1.807, 2.05) is 19.3 Å². The number of carbonyl (C=O) groups is 2. The van der Waals surface area contributed by atoms with Crippen molar-refractivity contribution in [3.05, 3.63) is 53.3 Å². The van der Waals surface area contributed by atoms with E-state index < -0.39 is 5.97 Å².